The highest BCUT2D eigenvalue weighted by molar-refractivity contribution is 7.98. The van der Waals surface area contributed by atoms with E-state index in [1.165, 1.54) is 23.5 Å². The lowest BCUT2D eigenvalue weighted by atomic mass is 10.1. The third-order valence-corrected chi connectivity index (χ3v) is 7.99. The van der Waals surface area contributed by atoms with Crippen LogP contribution in [0.4, 0.5) is 0 Å². The number of aromatic nitrogens is 2. The van der Waals surface area contributed by atoms with Crippen molar-refractivity contribution in [3.8, 4) is 11.5 Å². The monoisotopic (exact) mass is 443 g/mol. The van der Waals surface area contributed by atoms with Crippen LogP contribution in [0.2, 0.25) is 0 Å². The summed E-state index contributed by atoms with van der Waals surface area (Å²) in [7, 11) is -3.47. The van der Waals surface area contributed by atoms with Crippen LogP contribution in [0.1, 0.15) is 36.9 Å². The van der Waals surface area contributed by atoms with Crippen LogP contribution in [-0.4, -0.2) is 35.8 Å². The number of benzene rings is 1. The molecule has 158 valence electrons. The van der Waals surface area contributed by atoms with E-state index in [1.54, 1.807) is 22.7 Å². The fourth-order valence-electron chi connectivity index (χ4n) is 3.39. The first-order valence-corrected chi connectivity index (χ1v) is 12.6. The number of sulfonamides is 1. The second-order valence-corrected chi connectivity index (χ2v) is 10.4. The molecule has 1 aliphatic heterocycles. The van der Waals surface area contributed by atoms with Crippen molar-refractivity contribution >= 4 is 21.8 Å². The lowest BCUT2D eigenvalue weighted by Crippen LogP contribution is -2.32. The molecule has 0 radical (unpaired) electrons. The first kappa shape index (κ1) is 21.1. The Morgan fingerprint density at radius 2 is 1.77 bits per heavy atom. The molecule has 0 spiro atoms. The number of aryl methyl sites for hydroxylation is 1. The van der Waals surface area contributed by atoms with E-state index in [-0.39, 0.29) is 4.90 Å². The normalized spacial score (nSPS) is 15.8. The van der Waals surface area contributed by atoms with Gasteiger partial charge >= 0.3 is 0 Å². The van der Waals surface area contributed by atoms with Crippen LogP contribution >= 0.6 is 11.8 Å². The number of rotatable bonds is 6. The Morgan fingerprint density at radius 1 is 1.03 bits per heavy atom. The molecule has 1 aromatic carbocycles. The van der Waals surface area contributed by atoms with E-state index in [9.17, 15) is 8.42 Å². The van der Waals surface area contributed by atoms with Crippen LogP contribution in [-0.2, 0) is 15.8 Å². The first-order valence-electron chi connectivity index (χ1n) is 10.1. The number of hydrogen-bond donors (Lipinski definition) is 0. The summed E-state index contributed by atoms with van der Waals surface area (Å²) in [6.07, 6.45) is 7.14. The Bertz CT molecular complexity index is 1070. The molecule has 0 atom stereocenters. The summed E-state index contributed by atoms with van der Waals surface area (Å²) in [5, 5.41) is 0.754. The highest BCUT2D eigenvalue weighted by Gasteiger charge is 2.25. The van der Waals surface area contributed by atoms with Gasteiger partial charge in [0, 0.05) is 30.6 Å². The molecular formula is C22H25N3O3S2. The largest absolute Gasteiger partial charge is 0.444 e. The average molecular weight is 444 g/mol. The molecule has 6 nitrogen and oxygen atoms in total. The van der Waals surface area contributed by atoms with Crippen LogP contribution in [0.5, 0.6) is 0 Å². The summed E-state index contributed by atoms with van der Waals surface area (Å²) < 4.78 is 32.9. The smallest absolute Gasteiger partial charge is 0.244 e. The molecule has 2 aromatic heterocycles. The van der Waals surface area contributed by atoms with Gasteiger partial charge in [0.25, 0.3) is 0 Å². The van der Waals surface area contributed by atoms with Gasteiger partial charge in [0.15, 0.2) is 0 Å². The van der Waals surface area contributed by atoms with Crippen molar-refractivity contribution in [2.24, 2.45) is 0 Å². The Morgan fingerprint density at radius 3 is 2.43 bits per heavy atom. The maximum absolute atomic E-state index is 12.8. The summed E-state index contributed by atoms with van der Waals surface area (Å²) in [6, 6.07) is 11.4. The number of hydrogen-bond acceptors (Lipinski definition) is 6. The Balaban J connectivity index is 1.39. The minimum absolute atomic E-state index is 0.261. The van der Waals surface area contributed by atoms with Crippen molar-refractivity contribution in [2.75, 3.05) is 13.1 Å². The van der Waals surface area contributed by atoms with Gasteiger partial charge in [0.2, 0.25) is 15.9 Å². The molecule has 0 saturated carbocycles. The fraction of sp³-hybridized carbons (Fsp3) is 0.364. The molecule has 0 unspecified atom stereocenters. The van der Waals surface area contributed by atoms with Crippen LogP contribution in [0.25, 0.3) is 11.5 Å². The van der Waals surface area contributed by atoms with E-state index in [1.807, 2.05) is 31.2 Å². The molecule has 1 aliphatic rings. The van der Waals surface area contributed by atoms with Crippen molar-refractivity contribution in [3.05, 3.63) is 60.1 Å². The fourth-order valence-corrected chi connectivity index (χ4v) is 5.57. The predicted octanol–water partition coefficient (Wildman–Crippen LogP) is 4.90. The molecule has 0 bridgehead atoms. The van der Waals surface area contributed by atoms with Crippen LogP contribution < -0.4 is 0 Å². The number of thioether (sulfide) groups is 1. The van der Waals surface area contributed by atoms with Gasteiger partial charge in [-0.15, -0.1) is 0 Å². The SMILES string of the molecule is Cc1ccc(-c2nc(CSc3ccc(S(=O)(=O)N4CCCCCC4)cn3)co2)cc1. The second kappa shape index (κ2) is 9.32. The van der Waals surface area contributed by atoms with Crippen LogP contribution in [0.15, 0.2) is 63.2 Å². The van der Waals surface area contributed by atoms with Crippen molar-refractivity contribution < 1.29 is 12.8 Å². The minimum atomic E-state index is -3.47. The third-order valence-electron chi connectivity index (χ3n) is 5.13. The molecule has 1 saturated heterocycles. The van der Waals surface area contributed by atoms with Gasteiger partial charge in [-0.1, -0.05) is 42.3 Å². The van der Waals surface area contributed by atoms with Crippen LogP contribution in [0, 0.1) is 6.92 Å². The van der Waals surface area contributed by atoms with Gasteiger partial charge in [-0.25, -0.2) is 18.4 Å². The Hall–Kier alpha value is -2.16. The summed E-state index contributed by atoms with van der Waals surface area (Å²) in [4.78, 5) is 9.15. The summed E-state index contributed by atoms with van der Waals surface area (Å²) in [6.45, 7) is 3.22. The average Bonchev–Trinajstić information content (AvgIpc) is 3.05. The number of oxazole rings is 1. The van der Waals surface area contributed by atoms with E-state index < -0.39 is 10.0 Å². The molecule has 8 heteroatoms. The third kappa shape index (κ3) is 4.94. The first-order chi connectivity index (χ1) is 14.5. The summed E-state index contributed by atoms with van der Waals surface area (Å²) >= 11 is 1.50. The van der Waals surface area contributed by atoms with Crippen molar-refractivity contribution in [2.45, 2.75) is 48.3 Å². The van der Waals surface area contributed by atoms with Crippen molar-refractivity contribution in [1.29, 1.82) is 0 Å². The van der Waals surface area contributed by atoms with E-state index in [4.69, 9.17) is 4.42 Å². The topological polar surface area (TPSA) is 76.3 Å². The molecule has 0 aliphatic carbocycles. The molecule has 3 heterocycles. The second-order valence-electron chi connectivity index (χ2n) is 7.45. The van der Waals surface area contributed by atoms with Crippen molar-refractivity contribution in [1.82, 2.24) is 14.3 Å². The van der Waals surface area contributed by atoms with E-state index in [2.05, 4.69) is 9.97 Å². The van der Waals surface area contributed by atoms with Gasteiger partial charge in [-0.2, -0.15) is 4.31 Å². The van der Waals surface area contributed by atoms with Gasteiger partial charge in [-0.3, -0.25) is 0 Å². The van der Waals surface area contributed by atoms with E-state index in [0.29, 0.717) is 24.7 Å². The molecule has 0 amide bonds. The Kier molecular flexibility index (Phi) is 6.55. The predicted molar refractivity (Wildman–Crippen MR) is 118 cm³/mol. The summed E-state index contributed by atoms with van der Waals surface area (Å²) in [5.74, 6) is 1.19. The lowest BCUT2D eigenvalue weighted by molar-refractivity contribution is 0.423. The maximum Gasteiger partial charge on any atom is 0.244 e. The highest BCUT2D eigenvalue weighted by atomic mass is 32.2. The molecule has 30 heavy (non-hydrogen) atoms. The quantitative estimate of drug-likeness (QED) is 0.504. The van der Waals surface area contributed by atoms with E-state index >= 15 is 0 Å². The molecule has 1 fully saturated rings. The minimum Gasteiger partial charge on any atom is -0.444 e. The van der Waals surface area contributed by atoms with Gasteiger partial charge < -0.3 is 4.42 Å². The maximum atomic E-state index is 12.8. The highest BCUT2D eigenvalue weighted by Crippen LogP contribution is 2.26. The molecule has 4 rings (SSSR count). The zero-order chi connectivity index (χ0) is 21.0. The zero-order valence-electron chi connectivity index (χ0n) is 17.0. The van der Waals surface area contributed by atoms with Gasteiger partial charge in [0.05, 0.1) is 10.7 Å². The van der Waals surface area contributed by atoms with Crippen molar-refractivity contribution in [3.63, 3.8) is 0 Å². The molecule has 3 aromatic rings. The van der Waals surface area contributed by atoms with E-state index in [0.717, 1.165) is 42.0 Å². The lowest BCUT2D eigenvalue weighted by Gasteiger charge is -2.19. The molecular weight excluding hydrogens is 418 g/mol. The number of pyridine rings is 1. The standard InChI is InChI=1S/C22H25N3O3S2/c1-17-6-8-18(9-7-17)22-24-19(15-28-22)16-29-21-11-10-20(14-23-21)30(26,27)25-12-4-2-3-5-13-25/h6-11,14-15H,2-5,12-13,16H2,1H3. The van der Waals surface area contributed by atoms with Gasteiger partial charge in [0.1, 0.15) is 11.2 Å². The number of nitrogens with zero attached hydrogens (tertiary/aromatic N) is 3. The van der Waals surface area contributed by atoms with Crippen LogP contribution in [0.3, 0.4) is 0 Å². The van der Waals surface area contributed by atoms with Gasteiger partial charge in [-0.05, 0) is 44.0 Å². The Labute approximate surface area is 181 Å². The summed E-state index contributed by atoms with van der Waals surface area (Å²) in [5.41, 5.74) is 2.95. The zero-order valence-corrected chi connectivity index (χ0v) is 18.6. The molecule has 0 N–H and O–H groups in total.